The van der Waals surface area contributed by atoms with Gasteiger partial charge in [0.05, 0.1) is 27.8 Å². The Balaban J connectivity index is 1.28. The maximum atomic E-state index is 6.44. The van der Waals surface area contributed by atoms with Crippen molar-refractivity contribution in [2.75, 3.05) is 0 Å². The number of para-hydroxylation sites is 5. The Hall–Kier alpha value is -6.98. The number of rotatable bonds is 4. The molecule has 0 radical (unpaired) electrons. The molecular weight excluding hydrogens is 625 g/mol. The van der Waals surface area contributed by atoms with Crippen LogP contribution >= 0.6 is 0 Å². The zero-order chi connectivity index (χ0) is 33.5. The van der Waals surface area contributed by atoms with Crippen LogP contribution in [0.2, 0.25) is 0 Å². The van der Waals surface area contributed by atoms with E-state index in [1.165, 1.54) is 27.1 Å². The molecule has 0 aliphatic rings. The molecule has 0 N–H and O–H groups in total. The molecule has 0 saturated heterocycles. The van der Waals surface area contributed by atoms with E-state index < -0.39 is 0 Å². The maximum Gasteiger partial charge on any atom is 0.180 e. The largest absolute Gasteiger partial charge is 0.452 e. The molecule has 7 aromatic carbocycles. The Kier molecular flexibility index (Phi) is 5.89. The summed E-state index contributed by atoms with van der Waals surface area (Å²) in [6.45, 7) is 0. The SMILES string of the molecule is c1ccc(-c2nc(-c3ccccc3-n3c4ccccc4c4ccc5c(c6ccccc6n5-c5ccccc5)c43)nc3c2oc2ccccc23)cc1. The van der Waals surface area contributed by atoms with Crippen molar-refractivity contribution in [1.82, 2.24) is 19.1 Å². The Labute approximate surface area is 292 Å². The number of benzene rings is 7. The fourth-order valence-corrected chi connectivity index (χ4v) is 7.97. The number of hydrogen-bond acceptors (Lipinski definition) is 3. The summed E-state index contributed by atoms with van der Waals surface area (Å²) in [7, 11) is 0. The average molecular weight is 653 g/mol. The van der Waals surface area contributed by atoms with Gasteiger partial charge in [0.25, 0.3) is 0 Å². The summed E-state index contributed by atoms with van der Waals surface area (Å²) >= 11 is 0. The third-order valence-corrected chi connectivity index (χ3v) is 10.1. The normalized spacial score (nSPS) is 11.9. The fourth-order valence-electron chi connectivity index (χ4n) is 7.97. The minimum atomic E-state index is 0.647. The zero-order valence-electron chi connectivity index (χ0n) is 27.4. The molecule has 4 aromatic heterocycles. The van der Waals surface area contributed by atoms with E-state index in [-0.39, 0.29) is 0 Å². The highest BCUT2D eigenvalue weighted by atomic mass is 16.3. The Bertz CT molecular complexity index is 3130. The van der Waals surface area contributed by atoms with Crippen molar-refractivity contribution in [3.8, 4) is 34.0 Å². The predicted molar refractivity (Wildman–Crippen MR) is 209 cm³/mol. The topological polar surface area (TPSA) is 48.8 Å². The first-order chi connectivity index (χ1) is 25.3. The lowest BCUT2D eigenvalue weighted by molar-refractivity contribution is 0.667. The number of fused-ring (bicyclic) bond motifs is 10. The Morgan fingerprint density at radius 3 is 1.92 bits per heavy atom. The van der Waals surface area contributed by atoms with Crippen molar-refractivity contribution in [2.24, 2.45) is 0 Å². The van der Waals surface area contributed by atoms with Crippen molar-refractivity contribution in [2.45, 2.75) is 0 Å². The summed E-state index contributed by atoms with van der Waals surface area (Å²) in [5.41, 5.74) is 11.7. The second kappa shape index (κ2) is 10.8. The summed E-state index contributed by atoms with van der Waals surface area (Å²) in [4.78, 5) is 10.6. The molecule has 5 heteroatoms. The van der Waals surface area contributed by atoms with Gasteiger partial charge in [-0.2, -0.15) is 0 Å². The van der Waals surface area contributed by atoms with E-state index in [4.69, 9.17) is 14.4 Å². The number of hydrogen-bond donors (Lipinski definition) is 0. The summed E-state index contributed by atoms with van der Waals surface area (Å²) in [6.07, 6.45) is 0. The molecule has 11 aromatic rings. The summed E-state index contributed by atoms with van der Waals surface area (Å²) in [5.74, 6) is 0.647. The first-order valence-corrected chi connectivity index (χ1v) is 17.2. The fraction of sp³-hybridized carbons (Fsp3) is 0. The average Bonchev–Trinajstić information content (AvgIpc) is 3.86. The lowest BCUT2D eigenvalue weighted by Gasteiger charge is -2.15. The summed E-state index contributed by atoms with van der Waals surface area (Å²) in [6, 6.07) is 59.5. The Morgan fingerprint density at radius 2 is 1.10 bits per heavy atom. The van der Waals surface area contributed by atoms with Crippen LogP contribution in [0.15, 0.2) is 174 Å². The minimum absolute atomic E-state index is 0.647. The van der Waals surface area contributed by atoms with Crippen LogP contribution in [0.25, 0.3) is 99.7 Å². The van der Waals surface area contributed by atoms with Crippen LogP contribution in [0.4, 0.5) is 0 Å². The number of nitrogens with zero attached hydrogens (tertiary/aromatic N) is 4. The van der Waals surface area contributed by atoms with Gasteiger partial charge in [-0.05, 0) is 54.6 Å². The third kappa shape index (κ3) is 4.03. The van der Waals surface area contributed by atoms with Crippen LogP contribution in [-0.4, -0.2) is 19.1 Å². The van der Waals surface area contributed by atoms with Crippen molar-refractivity contribution >= 4 is 65.7 Å². The van der Waals surface area contributed by atoms with Crippen LogP contribution in [0.1, 0.15) is 0 Å². The molecule has 0 atom stereocenters. The second-order valence-corrected chi connectivity index (χ2v) is 13.0. The van der Waals surface area contributed by atoms with Crippen molar-refractivity contribution in [3.63, 3.8) is 0 Å². The molecular formula is C46H28N4O. The first-order valence-electron chi connectivity index (χ1n) is 17.2. The molecule has 51 heavy (non-hydrogen) atoms. The minimum Gasteiger partial charge on any atom is -0.452 e. The molecule has 5 nitrogen and oxygen atoms in total. The molecule has 11 rings (SSSR count). The third-order valence-electron chi connectivity index (χ3n) is 10.1. The lowest BCUT2D eigenvalue weighted by Crippen LogP contribution is -2.01. The van der Waals surface area contributed by atoms with E-state index in [0.717, 1.165) is 61.2 Å². The van der Waals surface area contributed by atoms with Crippen LogP contribution < -0.4 is 0 Å². The van der Waals surface area contributed by atoms with Gasteiger partial charge in [0.2, 0.25) is 0 Å². The quantitative estimate of drug-likeness (QED) is 0.190. The molecule has 0 spiro atoms. The first kappa shape index (κ1) is 27.9. The van der Waals surface area contributed by atoms with Gasteiger partial charge in [-0.1, -0.05) is 115 Å². The van der Waals surface area contributed by atoms with E-state index in [0.29, 0.717) is 11.4 Å². The van der Waals surface area contributed by atoms with E-state index >= 15 is 0 Å². The molecule has 0 aliphatic carbocycles. The van der Waals surface area contributed by atoms with E-state index in [1.807, 2.05) is 36.4 Å². The van der Waals surface area contributed by atoms with Gasteiger partial charge in [-0.15, -0.1) is 0 Å². The molecule has 0 saturated carbocycles. The van der Waals surface area contributed by atoms with Gasteiger partial charge in [-0.25, -0.2) is 9.97 Å². The summed E-state index contributed by atoms with van der Waals surface area (Å²) < 4.78 is 11.2. The summed E-state index contributed by atoms with van der Waals surface area (Å²) in [5, 5.41) is 5.78. The van der Waals surface area contributed by atoms with Crippen molar-refractivity contribution in [1.29, 1.82) is 0 Å². The monoisotopic (exact) mass is 652 g/mol. The molecule has 238 valence electrons. The van der Waals surface area contributed by atoms with Crippen molar-refractivity contribution in [3.05, 3.63) is 170 Å². The highest BCUT2D eigenvalue weighted by molar-refractivity contribution is 6.26. The second-order valence-electron chi connectivity index (χ2n) is 13.0. The Morgan fingerprint density at radius 1 is 0.451 bits per heavy atom. The smallest absolute Gasteiger partial charge is 0.180 e. The van der Waals surface area contributed by atoms with Crippen molar-refractivity contribution < 1.29 is 4.42 Å². The zero-order valence-corrected chi connectivity index (χ0v) is 27.4. The van der Waals surface area contributed by atoms with Crippen LogP contribution in [0.5, 0.6) is 0 Å². The van der Waals surface area contributed by atoms with E-state index in [9.17, 15) is 0 Å². The molecule has 4 heterocycles. The predicted octanol–water partition coefficient (Wildman–Crippen LogP) is 11.9. The van der Waals surface area contributed by atoms with Crippen LogP contribution in [0.3, 0.4) is 0 Å². The molecule has 0 aliphatic heterocycles. The van der Waals surface area contributed by atoms with Crippen LogP contribution in [0, 0.1) is 0 Å². The lowest BCUT2D eigenvalue weighted by atomic mass is 10.1. The number of aromatic nitrogens is 4. The van der Waals surface area contributed by atoms with Crippen LogP contribution in [-0.2, 0) is 0 Å². The standard InChI is InChI=1S/C46H28N4O/c1-3-15-29(16-4-1)42-45-43(35-22-10-14-26-40(35)51-45)48-46(47-42)34-21-9-13-25-38(34)50-36-23-11-7-19-31(36)32-27-28-39-41(44(32)50)33-20-8-12-24-37(33)49(39)30-17-5-2-6-18-30/h1-28H. The van der Waals surface area contributed by atoms with E-state index in [1.54, 1.807) is 0 Å². The van der Waals surface area contributed by atoms with Gasteiger partial charge in [-0.3, -0.25) is 0 Å². The number of furan rings is 1. The molecule has 0 bridgehead atoms. The van der Waals surface area contributed by atoms with E-state index in [2.05, 4.69) is 143 Å². The highest BCUT2D eigenvalue weighted by Crippen LogP contribution is 2.44. The molecule has 0 unspecified atom stereocenters. The van der Waals surface area contributed by atoms with Gasteiger partial charge in [0.15, 0.2) is 11.4 Å². The molecule has 0 fully saturated rings. The highest BCUT2D eigenvalue weighted by Gasteiger charge is 2.24. The van der Waals surface area contributed by atoms with Gasteiger partial charge in [0, 0.05) is 43.7 Å². The van der Waals surface area contributed by atoms with Gasteiger partial charge < -0.3 is 13.6 Å². The van der Waals surface area contributed by atoms with Gasteiger partial charge >= 0.3 is 0 Å². The maximum absolute atomic E-state index is 6.44. The molecule has 0 amide bonds. The van der Waals surface area contributed by atoms with Gasteiger partial charge in [0.1, 0.15) is 16.8 Å².